The molecule has 2 aromatic heterocycles. The van der Waals surface area contributed by atoms with Gasteiger partial charge in [0, 0.05) is 17.8 Å². The van der Waals surface area contributed by atoms with E-state index in [0.717, 1.165) is 11.3 Å². The molecule has 0 bridgehead atoms. The molecule has 0 radical (unpaired) electrons. The molecule has 0 aliphatic heterocycles. The molecule has 2 heterocycles. The third kappa shape index (κ3) is 4.57. The second kappa shape index (κ2) is 8.78. The number of amides is 2. The van der Waals surface area contributed by atoms with Gasteiger partial charge in [0.1, 0.15) is 5.76 Å². The monoisotopic (exact) mass is 411 g/mol. The van der Waals surface area contributed by atoms with Crippen LogP contribution in [0.1, 0.15) is 23.0 Å². The molecule has 0 aliphatic rings. The summed E-state index contributed by atoms with van der Waals surface area (Å²) in [7, 11) is 0. The molecule has 8 nitrogen and oxygen atoms in total. The molecule has 9 heteroatoms. The molecule has 2 amide bonds. The lowest BCUT2D eigenvalue weighted by Crippen LogP contribution is -2.23. The largest absolute Gasteiger partial charge is 0.469 e. The van der Waals surface area contributed by atoms with E-state index >= 15 is 0 Å². The smallest absolute Gasteiger partial charge is 0.248 e. The molecule has 29 heavy (non-hydrogen) atoms. The van der Waals surface area contributed by atoms with Gasteiger partial charge in [-0.1, -0.05) is 17.8 Å². The normalized spacial score (nSPS) is 11.8. The molecule has 1 atom stereocenters. The molecular weight excluding hydrogens is 390 g/mol. The number of aryl methyl sites for hydroxylation is 1. The maximum Gasteiger partial charge on any atom is 0.248 e. The summed E-state index contributed by atoms with van der Waals surface area (Å²) in [5.41, 5.74) is 7.03. The highest BCUT2D eigenvalue weighted by Crippen LogP contribution is 2.29. The number of nitrogens with one attached hydrogen (secondary N) is 1. The number of rotatable bonds is 8. The van der Waals surface area contributed by atoms with Gasteiger partial charge in [0.25, 0.3) is 0 Å². The fraction of sp³-hybridized carbons (Fsp3) is 0.200. The van der Waals surface area contributed by atoms with E-state index in [0.29, 0.717) is 28.8 Å². The average Bonchev–Trinajstić information content (AvgIpc) is 3.28. The number of primary amides is 1. The number of hydrogen-bond donors (Lipinski definition) is 2. The van der Waals surface area contributed by atoms with Gasteiger partial charge < -0.3 is 15.5 Å². The van der Waals surface area contributed by atoms with Crippen molar-refractivity contribution in [2.75, 3.05) is 5.32 Å². The number of nitrogens with two attached hydrogens (primary N) is 1. The van der Waals surface area contributed by atoms with Gasteiger partial charge in [0.05, 0.1) is 17.1 Å². The number of hydrogen-bond acceptors (Lipinski definition) is 6. The highest BCUT2D eigenvalue weighted by Gasteiger charge is 2.22. The molecule has 3 aromatic rings. The van der Waals surface area contributed by atoms with E-state index in [2.05, 4.69) is 22.1 Å². The minimum Gasteiger partial charge on any atom is -0.469 e. The number of furan rings is 1. The average molecular weight is 411 g/mol. The fourth-order valence-electron chi connectivity index (χ4n) is 2.66. The van der Waals surface area contributed by atoms with Crippen molar-refractivity contribution < 1.29 is 14.0 Å². The molecule has 3 rings (SSSR count). The first-order chi connectivity index (χ1) is 13.9. The molecule has 0 unspecified atom stereocenters. The number of carbonyl (C=O) groups is 2. The summed E-state index contributed by atoms with van der Waals surface area (Å²) in [4.78, 5) is 23.7. The molecule has 3 N–H and O–H groups in total. The molecule has 1 aromatic carbocycles. The Morgan fingerprint density at radius 2 is 2.03 bits per heavy atom. The van der Waals surface area contributed by atoms with Gasteiger partial charge in [-0.25, -0.2) is 0 Å². The standard InChI is InChI=1S/C20H21N5O3S/c1-4-10-25-18(16-9-11-28-12(16)2)23-24-20(25)29-13(3)19(27)22-15-7-5-14(6-8-15)17(21)26/h4-9,11,13H,1,10H2,2-3H3,(H2,21,26)(H,22,27)/t13-/m0/s1. The van der Waals surface area contributed by atoms with Crippen molar-refractivity contribution in [1.29, 1.82) is 0 Å². The minimum atomic E-state index is -0.517. The van der Waals surface area contributed by atoms with Gasteiger partial charge in [0.15, 0.2) is 11.0 Å². The SMILES string of the molecule is C=CCn1c(S[C@@H](C)C(=O)Nc2ccc(C(N)=O)cc2)nnc1-c1ccoc1C. The topological polar surface area (TPSA) is 116 Å². The van der Waals surface area contributed by atoms with E-state index in [1.54, 1.807) is 43.5 Å². The van der Waals surface area contributed by atoms with Crippen LogP contribution in [0.15, 0.2) is 58.8 Å². The predicted molar refractivity (Wildman–Crippen MR) is 112 cm³/mol. The first kappa shape index (κ1) is 20.4. The maximum absolute atomic E-state index is 12.6. The fourth-order valence-corrected chi connectivity index (χ4v) is 3.52. The lowest BCUT2D eigenvalue weighted by Gasteiger charge is -2.13. The molecule has 0 saturated carbocycles. The van der Waals surface area contributed by atoms with Gasteiger partial charge in [-0.05, 0) is 44.2 Å². The second-order valence-electron chi connectivity index (χ2n) is 6.29. The van der Waals surface area contributed by atoms with E-state index in [4.69, 9.17) is 10.2 Å². The number of benzene rings is 1. The summed E-state index contributed by atoms with van der Waals surface area (Å²) in [6.07, 6.45) is 3.35. The summed E-state index contributed by atoms with van der Waals surface area (Å²) in [6.45, 7) is 7.93. The third-order valence-corrected chi connectivity index (χ3v) is 5.30. The summed E-state index contributed by atoms with van der Waals surface area (Å²) < 4.78 is 7.25. The van der Waals surface area contributed by atoms with Crippen molar-refractivity contribution in [2.24, 2.45) is 5.73 Å². The second-order valence-corrected chi connectivity index (χ2v) is 7.59. The predicted octanol–water partition coefficient (Wildman–Crippen LogP) is 3.25. The summed E-state index contributed by atoms with van der Waals surface area (Å²) in [5, 5.41) is 11.5. The van der Waals surface area contributed by atoms with E-state index in [1.165, 1.54) is 11.8 Å². The van der Waals surface area contributed by atoms with Crippen LogP contribution in [0.4, 0.5) is 5.69 Å². The van der Waals surface area contributed by atoms with Crippen LogP contribution >= 0.6 is 11.8 Å². The number of nitrogens with zero attached hydrogens (tertiary/aromatic N) is 3. The molecule has 0 spiro atoms. The van der Waals surface area contributed by atoms with Crippen LogP contribution in [0.5, 0.6) is 0 Å². The lowest BCUT2D eigenvalue weighted by molar-refractivity contribution is -0.115. The van der Waals surface area contributed by atoms with Crippen LogP contribution in [0.25, 0.3) is 11.4 Å². The van der Waals surface area contributed by atoms with Gasteiger partial charge >= 0.3 is 0 Å². The van der Waals surface area contributed by atoms with E-state index in [-0.39, 0.29) is 5.91 Å². The third-order valence-electron chi connectivity index (χ3n) is 4.22. The van der Waals surface area contributed by atoms with Crippen LogP contribution in [0.2, 0.25) is 0 Å². The Balaban J connectivity index is 1.74. The highest BCUT2D eigenvalue weighted by molar-refractivity contribution is 8.00. The van der Waals surface area contributed by atoms with E-state index in [1.807, 2.05) is 17.6 Å². The van der Waals surface area contributed by atoms with Crippen molar-refractivity contribution >= 4 is 29.3 Å². The summed E-state index contributed by atoms with van der Waals surface area (Å²) >= 11 is 1.29. The van der Waals surface area contributed by atoms with E-state index in [9.17, 15) is 9.59 Å². The van der Waals surface area contributed by atoms with Gasteiger partial charge in [0.2, 0.25) is 11.8 Å². The van der Waals surface area contributed by atoms with Crippen molar-refractivity contribution in [1.82, 2.24) is 14.8 Å². The quantitative estimate of drug-likeness (QED) is 0.434. The Hall–Kier alpha value is -3.33. The van der Waals surface area contributed by atoms with Gasteiger partial charge in [-0.15, -0.1) is 16.8 Å². The van der Waals surface area contributed by atoms with Crippen molar-refractivity contribution in [3.63, 3.8) is 0 Å². The molecule has 0 saturated heterocycles. The first-order valence-electron chi connectivity index (χ1n) is 8.86. The lowest BCUT2D eigenvalue weighted by atomic mass is 10.2. The molecule has 0 aliphatic carbocycles. The van der Waals surface area contributed by atoms with Crippen molar-refractivity contribution in [3.8, 4) is 11.4 Å². The number of thioether (sulfide) groups is 1. The number of aromatic nitrogens is 3. The van der Waals surface area contributed by atoms with Crippen LogP contribution < -0.4 is 11.1 Å². The first-order valence-corrected chi connectivity index (χ1v) is 9.74. The number of carbonyl (C=O) groups excluding carboxylic acids is 2. The van der Waals surface area contributed by atoms with Gasteiger partial charge in [-0.2, -0.15) is 0 Å². The highest BCUT2D eigenvalue weighted by atomic mass is 32.2. The Morgan fingerprint density at radius 1 is 1.31 bits per heavy atom. The Morgan fingerprint density at radius 3 is 2.62 bits per heavy atom. The van der Waals surface area contributed by atoms with Crippen molar-refractivity contribution in [2.45, 2.75) is 30.8 Å². The zero-order valence-corrected chi connectivity index (χ0v) is 16.9. The number of allylic oxidation sites excluding steroid dienone is 1. The van der Waals surface area contributed by atoms with Crippen LogP contribution in [-0.2, 0) is 11.3 Å². The van der Waals surface area contributed by atoms with Crippen molar-refractivity contribution in [3.05, 3.63) is 60.6 Å². The molecule has 150 valence electrons. The zero-order chi connectivity index (χ0) is 21.0. The molecule has 0 fully saturated rings. The van der Waals surface area contributed by atoms with Crippen LogP contribution in [-0.4, -0.2) is 31.8 Å². The number of anilines is 1. The Bertz CT molecular complexity index is 1040. The Kier molecular flexibility index (Phi) is 6.18. The van der Waals surface area contributed by atoms with Gasteiger partial charge in [-0.3, -0.25) is 14.2 Å². The van der Waals surface area contributed by atoms with Crippen LogP contribution in [0, 0.1) is 6.92 Å². The minimum absolute atomic E-state index is 0.198. The maximum atomic E-state index is 12.6. The summed E-state index contributed by atoms with van der Waals surface area (Å²) in [6, 6.07) is 8.23. The molecular formula is C20H21N5O3S. The van der Waals surface area contributed by atoms with E-state index < -0.39 is 11.2 Å². The zero-order valence-electron chi connectivity index (χ0n) is 16.1. The van der Waals surface area contributed by atoms with Crippen LogP contribution in [0.3, 0.4) is 0 Å². The Labute approximate surface area is 172 Å². The summed E-state index contributed by atoms with van der Waals surface area (Å²) in [5.74, 6) is 0.686.